The van der Waals surface area contributed by atoms with E-state index in [0.717, 1.165) is 15.8 Å². The highest BCUT2D eigenvalue weighted by Crippen LogP contribution is 2.29. The van der Waals surface area contributed by atoms with E-state index in [2.05, 4.69) is 16.2 Å². The molecule has 26 heavy (non-hydrogen) atoms. The molecule has 4 heterocycles. The van der Waals surface area contributed by atoms with E-state index in [9.17, 15) is 4.79 Å². The molecule has 0 aliphatic carbocycles. The number of thiophene rings is 1. The van der Waals surface area contributed by atoms with Gasteiger partial charge in [0, 0.05) is 24.8 Å². The topological polar surface area (TPSA) is 64.2 Å². The van der Waals surface area contributed by atoms with Gasteiger partial charge in [-0.05, 0) is 29.0 Å². The van der Waals surface area contributed by atoms with Gasteiger partial charge in [-0.1, -0.05) is 29.4 Å². The molecule has 1 aromatic carbocycles. The van der Waals surface area contributed by atoms with Crippen LogP contribution in [0.25, 0.3) is 21.6 Å². The van der Waals surface area contributed by atoms with Crippen LogP contribution in [0.5, 0.6) is 0 Å². The number of benzene rings is 1. The first-order chi connectivity index (χ1) is 12.8. The zero-order valence-corrected chi connectivity index (χ0v) is 14.7. The van der Waals surface area contributed by atoms with Crippen molar-refractivity contribution < 1.29 is 9.32 Å². The summed E-state index contributed by atoms with van der Waals surface area (Å²) in [6.07, 6.45) is 1.96. The first-order valence-electron chi connectivity index (χ1n) is 8.47. The lowest BCUT2D eigenvalue weighted by Gasteiger charge is -2.37. The van der Waals surface area contributed by atoms with E-state index in [0.29, 0.717) is 31.3 Å². The summed E-state index contributed by atoms with van der Waals surface area (Å²) in [7, 11) is 0. The van der Waals surface area contributed by atoms with Crippen molar-refractivity contribution in [2.45, 2.75) is 12.5 Å². The molecule has 0 atom stereocenters. The summed E-state index contributed by atoms with van der Waals surface area (Å²) in [5.41, 5.74) is 1.08. The van der Waals surface area contributed by atoms with Crippen LogP contribution >= 0.6 is 11.3 Å². The Morgan fingerprint density at radius 3 is 2.92 bits per heavy atom. The lowest BCUT2D eigenvalue weighted by Crippen LogP contribution is -2.49. The Hall–Kier alpha value is -2.93. The summed E-state index contributed by atoms with van der Waals surface area (Å²) in [5.74, 6) is 1.48. The standard InChI is InChI=1S/C19H16N4O2S/c24-17(12-22-8-7-13-4-1-2-5-15(13)22)23-10-14(11-23)19-20-18(21-25-19)16-6-3-9-26-16/h1-9,14H,10-12H2. The predicted octanol–water partition coefficient (Wildman–Crippen LogP) is 3.38. The molecule has 1 saturated heterocycles. The number of aromatic nitrogens is 3. The molecule has 5 rings (SSSR count). The SMILES string of the molecule is O=C(Cn1ccc2ccccc21)N1CC(c2nc(-c3cccs3)no2)C1. The molecule has 0 saturated carbocycles. The molecule has 4 aromatic rings. The molecule has 6 nitrogen and oxygen atoms in total. The molecule has 1 fully saturated rings. The zero-order chi connectivity index (χ0) is 17.5. The summed E-state index contributed by atoms with van der Waals surface area (Å²) in [4.78, 5) is 19.9. The Balaban J connectivity index is 1.23. The van der Waals surface area contributed by atoms with E-state index >= 15 is 0 Å². The molecule has 3 aromatic heterocycles. The van der Waals surface area contributed by atoms with Crippen molar-refractivity contribution in [1.29, 1.82) is 0 Å². The molecule has 1 aliphatic heterocycles. The maximum Gasteiger partial charge on any atom is 0.242 e. The Kier molecular flexibility index (Phi) is 3.60. The minimum absolute atomic E-state index is 0.112. The van der Waals surface area contributed by atoms with Crippen molar-refractivity contribution >= 4 is 28.1 Å². The molecule has 0 spiro atoms. The first-order valence-corrected chi connectivity index (χ1v) is 9.35. The highest BCUT2D eigenvalue weighted by Gasteiger charge is 2.35. The predicted molar refractivity (Wildman–Crippen MR) is 98.9 cm³/mol. The number of amides is 1. The largest absolute Gasteiger partial charge is 0.339 e. The Morgan fingerprint density at radius 1 is 1.19 bits per heavy atom. The van der Waals surface area contributed by atoms with Crippen LogP contribution in [0.15, 0.2) is 58.6 Å². The van der Waals surface area contributed by atoms with Gasteiger partial charge in [-0.25, -0.2) is 0 Å². The quantitative estimate of drug-likeness (QED) is 0.557. The second kappa shape index (κ2) is 6.10. The van der Waals surface area contributed by atoms with Crippen LogP contribution in [0.2, 0.25) is 0 Å². The number of likely N-dealkylation sites (tertiary alicyclic amines) is 1. The lowest BCUT2D eigenvalue weighted by atomic mass is 10.00. The molecule has 1 aliphatic rings. The Labute approximate surface area is 153 Å². The minimum Gasteiger partial charge on any atom is -0.339 e. The van der Waals surface area contributed by atoms with Crippen molar-refractivity contribution in [2.75, 3.05) is 13.1 Å². The fraction of sp³-hybridized carbons (Fsp3) is 0.211. The van der Waals surface area contributed by atoms with E-state index in [1.807, 2.05) is 57.4 Å². The van der Waals surface area contributed by atoms with Crippen LogP contribution in [0.3, 0.4) is 0 Å². The van der Waals surface area contributed by atoms with Crippen LogP contribution in [-0.4, -0.2) is 38.6 Å². The number of carbonyl (C=O) groups is 1. The van der Waals surface area contributed by atoms with Crippen molar-refractivity contribution in [2.24, 2.45) is 0 Å². The van der Waals surface area contributed by atoms with Gasteiger partial charge in [0.25, 0.3) is 0 Å². The second-order valence-electron chi connectivity index (χ2n) is 6.43. The van der Waals surface area contributed by atoms with Crippen molar-refractivity contribution in [3.05, 3.63) is 59.9 Å². The third-order valence-corrected chi connectivity index (χ3v) is 5.62. The molecule has 0 unspecified atom stereocenters. The number of hydrogen-bond acceptors (Lipinski definition) is 5. The Bertz CT molecular complexity index is 1060. The van der Waals surface area contributed by atoms with Gasteiger partial charge in [0.1, 0.15) is 6.54 Å². The summed E-state index contributed by atoms with van der Waals surface area (Å²) in [6, 6.07) is 14.0. The Morgan fingerprint density at radius 2 is 2.08 bits per heavy atom. The smallest absolute Gasteiger partial charge is 0.242 e. The summed E-state index contributed by atoms with van der Waals surface area (Å²) >= 11 is 1.58. The van der Waals surface area contributed by atoms with Crippen LogP contribution < -0.4 is 0 Å². The van der Waals surface area contributed by atoms with Gasteiger partial charge in [0.05, 0.1) is 10.8 Å². The molecule has 0 bridgehead atoms. The number of hydrogen-bond donors (Lipinski definition) is 0. The molecule has 0 N–H and O–H groups in total. The maximum atomic E-state index is 12.5. The van der Waals surface area contributed by atoms with Gasteiger partial charge < -0.3 is 14.0 Å². The third kappa shape index (κ3) is 2.61. The number of fused-ring (bicyclic) bond motifs is 1. The summed E-state index contributed by atoms with van der Waals surface area (Å²) < 4.78 is 7.38. The highest BCUT2D eigenvalue weighted by atomic mass is 32.1. The fourth-order valence-corrected chi connectivity index (χ4v) is 3.92. The van der Waals surface area contributed by atoms with Gasteiger partial charge in [-0.2, -0.15) is 4.98 Å². The van der Waals surface area contributed by atoms with E-state index in [1.165, 1.54) is 0 Å². The van der Waals surface area contributed by atoms with Crippen LogP contribution in [0, 0.1) is 0 Å². The molecule has 1 amide bonds. The summed E-state index contributed by atoms with van der Waals surface area (Å²) in [6.45, 7) is 1.61. The lowest BCUT2D eigenvalue weighted by molar-refractivity contribution is -0.136. The van der Waals surface area contributed by atoms with E-state index < -0.39 is 0 Å². The average Bonchev–Trinajstić information content (AvgIpc) is 3.34. The third-order valence-electron chi connectivity index (χ3n) is 4.75. The molecule has 7 heteroatoms. The average molecular weight is 364 g/mol. The molecular formula is C19H16N4O2S. The van der Waals surface area contributed by atoms with Crippen molar-refractivity contribution in [3.63, 3.8) is 0 Å². The first kappa shape index (κ1) is 15.3. The normalized spacial score (nSPS) is 14.7. The van der Waals surface area contributed by atoms with E-state index in [1.54, 1.807) is 11.3 Å². The van der Waals surface area contributed by atoms with Gasteiger partial charge in [-0.3, -0.25) is 4.79 Å². The van der Waals surface area contributed by atoms with Crippen LogP contribution in [0.4, 0.5) is 0 Å². The number of rotatable bonds is 4. The number of nitrogens with zero attached hydrogens (tertiary/aromatic N) is 4. The van der Waals surface area contributed by atoms with Gasteiger partial charge in [0.2, 0.25) is 17.6 Å². The van der Waals surface area contributed by atoms with E-state index in [4.69, 9.17) is 4.52 Å². The second-order valence-corrected chi connectivity index (χ2v) is 7.38. The highest BCUT2D eigenvalue weighted by molar-refractivity contribution is 7.13. The number of carbonyl (C=O) groups excluding carboxylic acids is 1. The van der Waals surface area contributed by atoms with Crippen molar-refractivity contribution in [1.82, 2.24) is 19.6 Å². The minimum atomic E-state index is 0.112. The van der Waals surface area contributed by atoms with Gasteiger partial charge in [-0.15, -0.1) is 11.3 Å². The molecule has 0 radical (unpaired) electrons. The number of para-hydroxylation sites is 1. The van der Waals surface area contributed by atoms with Crippen molar-refractivity contribution in [3.8, 4) is 10.7 Å². The van der Waals surface area contributed by atoms with E-state index in [-0.39, 0.29) is 11.8 Å². The van der Waals surface area contributed by atoms with Gasteiger partial charge in [0.15, 0.2) is 0 Å². The molecule has 130 valence electrons. The monoisotopic (exact) mass is 364 g/mol. The van der Waals surface area contributed by atoms with Crippen LogP contribution in [-0.2, 0) is 11.3 Å². The molecular weight excluding hydrogens is 348 g/mol. The maximum absolute atomic E-state index is 12.5. The van der Waals surface area contributed by atoms with Gasteiger partial charge >= 0.3 is 0 Å². The zero-order valence-electron chi connectivity index (χ0n) is 13.9. The van der Waals surface area contributed by atoms with Crippen LogP contribution in [0.1, 0.15) is 11.8 Å². The fourth-order valence-electron chi connectivity index (χ4n) is 3.27. The summed E-state index contributed by atoms with van der Waals surface area (Å²) in [5, 5.41) is 7.18.